The number of rotatable bonds is 6. The summed E-state index contributed by atoms with van der Waals surface area (Å²) in [4.78, 5) is 36.0. The summed E-state index contributed by atoms with van der Waals surface area (Å²) in [7, 11) is 0. The number of carbonyl (C=O) groups is 3. The van der Waals surface area contributed by atoms with Gasteiger partial charge in [-0.05, 0) is 43.2 Å². The summed E-state index contributed by atoms with van der Waals surface area (Å²) in [5.41, 5.74) is 1.27. The summed E-state index contributed by atoms with van der Waals surface area (Å²) in [6.45, 7) is 4.24. The number of aryl methyl sites for hydroxylation is 1. The molecule has 0 aliphatic rings. The molecule has 0 spiro atoms. The topological polar surface area (TPSA) is 84.5 Å². The highest BCUT2D eigenvalue weighted by atomic mass is 19.1. The van der Waals surface area contributed by atoms with Gasteiger partial charge in [-0.15, -0.1) is 0 Å². The summed E-state index contributed by atoms with van der Waals surface area (Å²) < 4.78 is 18.7. The van der Waals surface area contributed by atoms with Crippen LogP contribution >= 0.6 is 0 Å². The van der Waals surface area contributed by atoms with E-state index in [2.05, 4.69) is 10.6 Å². The van der Waals surface area contributed by atoms with Gasteiger partial charge in [0.05, 0.1) is 0 Å². The van der Waals surface area contributed by atoms with E-state index in [-0.39, 0.29) is 11.4 Å². The summed E-state index contributed by atoms with van der Waals surface area (Å²) in [5.74, 6) is -2.40. The number of hydrogen-bond acceptors (Lipinski definition) is 4. The molecule has 7 heteroatoms. The van der Waals surface area contributed by atoms with Crippen LogP contribution in [-0.4, -0.2) is 23.9 Å². The first-order valence-electron chi connectivity index (χ1n) is 8.58. The van der Waals surface area contributed by atoms with Crippen LogP contribution in [-0.2, 0) is 19.1 Å². The number of halogens is 1. The van der Waals surface area contributed by atoms with Crippen molar-refractivity contribution in [2.75, 3.05) is 5.32 Å². The van der Waals surface area contributed by atoms with Gasteiger partial charge < -0.3 is 15.4 Å². The molecule has 2 N–H and O–H groups in total. The Hall–Kier alpha value is -3.48. The van der Waals surface area contributed by atoms with Crippen molar-refractivity contribution in [3.63, 3.8) is 0 Å². The molecule has 2 rings (SSSR count). The summed E-state index contributed by atoms with van der Waals surface area (Å²) in [5, 5.41) is 4.88. The fourth-order valence-corrected chi connectivity index (χ4v) is 2.24. The van der Waals surface area contributed by atoms with E-state index in [9.17, 15) is 18.8 Å². The van der Waals surface area contributed by atoms with E-state index in [0.29, 0.717) is 11.1 Å². The van der Waals surface area contributed by atoms with Gasteiger partial charge >= 0.3 is 5.97 Å². The molecule has 0 aliphatic carbocycles. The molecule has 2 aromatic rings. The molecule has 2 aromatic carbocycles. The van der Waals surface area contributed by atoms with Crippen molar-refractivity contribution in [1.29, 1.82) is 0 Å². The zero-order valence-corrected chi connectivity index (χ0v) is 15.8. The number of anilines is 1. The fraction of sp³-hybridized carbons (Fsp3) is 0.190. The minimum atomic E-state index is -1.16. The normalized spacial score (nSPS) is 12.1. The number of carbonyl (C=O) groups excluding carboxylic acids is 3. The van der Waals surface area contributed by atoms with Crippen molar-refractivity contribution in [2.45, 2.75) is 26.9 Å². The second-order valence-corrected chi connectivity index (χ2v) is 6.15. The Kier molecular flexibility index (Phi) is 7.03. The van der Waals surface area contributed by atoms with Gasteiger partial charge in [-0.3, -0.25) is 9.59 Å². The van der Waals surface area contributed by atoms with Gasteiger partial charge in [0.25, 0.3) is 5.91 Å². The second kappa shape index (κ2) is 9.45. The van der Waals surface area contributed by atoms with Gasteiger partial charge in [0, 0.05) is 12.6 Å². The average Bonchev–Trinajstić information content (AvgIpc) is 2.64. The minimum absolute atomic E-state index is 0.0975. The lowest BCUT2D eigenvalue weighted by Crippen LogP contribution is -2.33. The van der Waals surface area contributed by atoms with Gasteiger partial charge in [0.2, 0.25) is 5.91 Å². The van der Waals surface area contributed by atoms with Crippen molar-refractivity contribution in [1.82, 2.24) is 5.32 Å². The number of amides is 2. The summed E-state index contributed by atoms with van der Waals surface area (Å²) in [6, 6.07) is 13.1. The highest BCUT2D eigenvalue weighted by Crippen LogP contribution is 2.14. The molecule has 1 atom stereocenters. The third-order valence-electron chi connectivity index (χ3n) is 3.73. The fourth-order valence-electron chi connectivity index (χ4n) is 2.24. The Balaban J connectivity index is 2.08. The number of benzene rings is 2. The van der Waals surface area contributed by atoms with E-state index in [4.69, 9.17) is 4.74 Å². The van der Waals surface area contributed by atoms with Crippen molar-refractivity contribution in [3.8, 4) is 0 Å². The number of hydrogen-bond donors (Lipinski definition) is 2. The Morgan fingerprint density at radius 3 is 2.39 bits per heavy atom. The number of nitrogens with one attached hydrogen (secondary N) is 2. The molecule has 6 nitrogen and oxygen atoms in total. The molecular formula is C21H21FN2O4. The van der Waals surface area contributed by atoms with Crippen LogP contribution in [0.1, 0.15) is 25.0 Å². The van der Waals surface area contributed by atoms with Gasteiger partial charge in [-0.1, -0.05) is 36.4 Å². The maximum atomic E-state index is 13.6. The van der Waals surface area contributed by atoms with E-state index >= 15 is 0 Å². The first-order chi connectivity index (χ1) is 13.3. The highest BCUT2D eigenvalue weighted by Gasteiger charge is 2.21. The zero-order chi connectivity index (χ0) is 20.7. The highest BCUT2D eigenvalue weighted by molar-refractivity contribution is 6.00. The Morgan fingerprint density at radius 1 is 1.11 bits per heavy atom. The van der Waals surface area contributed by atoms with E-state index in [1.54, 1.807) is 37.3 Å². The second-order valence-electron chi connectivity index (χ2n) is 6.15. The van der Waals surface area contributed by atoms with Crippen LogP contribution in [0.2, 0.25) is 0 Å². The summed E-state index contributed by atoms with van der Waals surface area (Å²) in [6.07, 6.45) is 0.286. The molecule has 28 heavy (non-hydrogen) atoms. The third-order valence-corrected chi connectivity index (χ3v) is 3.73. The molecule has 0 saturated heterocycles. The Labute approximate surface area is 162 Å². The summed E-state index contributed by atoms with van der Waals surface area (Å²) >= 11 is 0. The lowest BCUT2D eigenvalue weighted by molar-refractivity contribution is -0.149. The van der Waals surface area contributed by atoms with Crippen molar-refractivity contribution in [2.24, 2.45) is 0 Å². The van der Waals surface area contributed by atoms with E-state index in [1.807, 2.05) is 6.07 Å². The smallest absolute Gasteiger partial charge is 0.355 e. The first-order valence-corrected chi connectivity index (χ1v) is 8.58. The van der Waals surface area contributed by atoms with Crippen LogP contribution in [0.3, 0.4) is 0 Å². The Bertz CT molecular complexity index is 910. The van der Waals surface area contributed by atoms with Crippen LogP contribution in [0.5, 0.6) is 0 Å². The quantitative estimate of drug-likeness (QED) is 0.592. The first kappa shape index (κ1) is 20.8. The zero-order valence-electron chi connectivity index (χ0n) is 15.8. The van der Waals surface area contributed by atoms with Gasteiger partial charge in [0.1, 0.15) is 11.5 Å². The predicted molar refractivity (Wildman–Crippen MR) is 104 cm³/mol. The molecule has 0 radical (unpaired) electrons. The monoisotopic (exact) mass is 384 g/mol. The molecule has 0 aromatic heterocycles. The van der Waals surface area contributed by atoms with E-state index in [0.717, 1.165) is 0 Å². The molecule has 0 saturated carbocycles. The minimum Gasteiger partial charge on any atom is -0.448 e. The molecule has 2 amide bonds. The number of esters is 1. The molecule has 0 heterocycles. The number of ether oxygens (including phenoxy) is 1. The largest absolute Gasteiger partial charge is 0.448 e. The third kappa shape index (κ3) is 6.05. The van der Waals surface area contributed by atoms with Crippen LogP contribution in [0.4, 0.5) is 10.1 Å². The SMILES string of the molecule is CC(=O)N/C(=C\c1ccccc1)C(=O)OC(C)C(=O)Nc1ccc(C)c(F)c1. The molecule has 146 valence electrons. The standard InChI is InChI=1S/C21H21FN2O4/c1-13-9-10-17(12-18(13)22)24-20(26)14(2)28-21(27)19(23-15(3)25)11-16-7-5-4-6-8-16/h4-12,14H,1-3H3,(H,23,25)(H,24,26)/b19-11-. The van der Waals surface area contributed by atoms with Crippen LogP contribution in [0, 0.1) is 12.7 Å². The maximum absolute atomic E-state index is 13.6. The lowest BCUT2D eigenvalue weighted by atomic mass is 10.2. The lowest BCUT2D eigenvalue weighted by Gasteiger charge is -2.15. The van der Waals surface area contributed by atoms with Crippen molar-refractivity contribution < 1.29 is 23.5 Å². The van der Waals surface area contributed by atoms with E-state index < -0.39 is 29.7 Å². The van der Waals surface area contributed by atoms with E-state index in [1.165, 1.54) is 32.1 Å². The van der Waals surface area contributed by atoms with Gasteiger partial charge in [-0.25, -0.2) is 9.18 Å². The predicted octanol–water partition coefficient (Wildman–Crippen LogP) is 3.18. The van der Waals surface area contributed by atoms with Crippen molar-refractivity contribution in [3.05, 3.63) is 71.2 Å². The molecule has 0 bridgehead atoms. The molecular weight excluding hydrogens is 363 g/mol. The Morgan fingerprint density at radius 2 is 1.79 bits per heavy atom. The molecule has 0 aliphatic heterocycles. The molecule has 1 unspecified atom stereocenters. The van der Waals surface area contributed by atoms with Crippen molar-refractivity contribution >= 4 is 29.5 Å². The maximum Gasteiger partial charge on any atom is 0.355 e. The molecule has 0 fully saturated rings. The van der Waals surface area contributed by atoms with Crippen LogP contribution in [0.15, 0.2) is 54.2 Å². The van der Waals surface area contributed by atoms with Crippen LogP contribution in [0.25, 0.3) is 6.08 Å². The average molecular weight is 384 g/mol. The van der Waals surface area contributed by atoms with Gasteiger partial charge in [0.15, 0.2) is 6.10 Å². The van der Waals surface area contributed by atoms with Crippen LogP contribution < -0.4 is 10.6 Å². The van der Waals surface area contributed by atoms with Gasteiger partial charge in [-0.2, -0.15) is 0 Å².